The van der Waals surface area contributed by atoms with Gasteiger partial charge in [-0.2, -0.15) is 0 Å². The fourth-order valence-corrected chi connectivity index (χ4v) is 9.79. The lowest BCUT2D eigenvalue weighted by molar-refractivity contribution is -0.115. The van der Waals surface area contributed by atoms with E-state index < -0.39 is 27.3 Å². The Labute approximate surface area is 302 Å². The lowest BCUT2D eigenvalue weighted by Gasteiger charge is -2.46. The number of aryl methyl sites for hydroxylation is 1. The molecule has 1 unspecified atom stereocenters. The first kappa shape index (κ1) is 38.5. The molecule has 1 amide bonds. The summed E-state index contributed by atoms with van der Waals surface area (Å²) in [7, 11) is -0.197. The quantitative estimate of drug-likeness (QED) is 0.378. The Hall–Kier alpha value is -2.70. The van der Waals surface area contributed by atoms with Crippen molar-refractivity contribution in [1.29, 1.82) is 0 Å². The van der Waals surface area contributed by atoms with Crippen LogP contribution in [0.3, 0.4) is 0 Å². The number of carbonyl (C=O) groups is 2. The van der Waals surface area contributed by atoms with Crippen LogP contribution in [0.1, 0.15) is 80.3 Å². The molecule has 1 saturated carbocycles. The first-order valence-electron chi connectivity index (χ1n) is 18.0. The van der Waals surface area contributed by atoms with Gasteiger partial charge in [-0.1, -0.05) is 31.0 Å². The molecule has 2 bridgehead atoms. The highest BCUT2D eigenvalue weighted by Gasteiger charge is 2.44. The van der Waals surface area contributed by atoms with Gasteiger partial charge in [-0.15, -0.1) is 0 Å². The maximum atomic E-state index is 13.3. The van der Waals surface area contributed by atoms with Gasteiger partial charge in [0.15, 0.2) is 0 Å². The second kappa shape index (κ2) is 16.3. The van der Waals surface area contributed by atoms with E-state index in [4.69, 9.17) is 26.6 Å². The number of aldehydes is 1. The largest absolute Gasteiger partial charge is 0.490 e. The second-order valence-corrected chi connectivity index (χ2v) is 17.8. The number of amides is 1. The van der Waals surface area contributed by atoms with Crippen LogP contribution in [0.4, 0.5) is 5.69 Å². The van der Waals surface area contributed by atoms with Gasteiger partial charge in [0.1, 0.15) is 12.0 Å². The number of aliphatic hydroxyl groups excluding tert-OH is 2. The lowest BCUT2D eigenvalue weighted by atomic mass is 9.65. The normalized spacial score (nSPS) is 29.9. The Morgan fingerprint density at radius 1 is 1.12 bits per heavy atom. The topological polar surface area (TPSA) is 136 Å². The summed E-state index contributed by atoms with van der Waals surface area (Å²) < 4.78 is 35.3. The molecule has 2 aliphatic heterocycles. The molecule has 4 aliphatic rings. The van der Waals surface area contributed by atoms with Gasteiger partial charge < -0.3 is 29.5 Å². The summed E-state index contributed by atoms with van der Waals surface area (Å²) in [6, 6.07) is 11.4. The van der Waals surface area contributed by atoms with Crippen molar-refractivity contribution in [2.75, 3.05) is 51.8 Å². The first-order valence-corrected chi connectivity index (χ1v) is 19.9. The number of anilines is 1. The minimum Gasteiger partial charge on any atom is -0.490 e. The summed E-state index contributed by atoms with van der Waals surface area (Å²) in [5.41, 5.74) is 3.37. The monoisotopic (exact) mass is 731 g/mol. The molecule has 276 valence electrons. The van der Waals surface area contributed by atoms with Crippen molar-refractivity contribution in [3.8, 4) is 5.75 Å². The van der Waals surface area contributed by atoms with Crippen LogP contribution in [0.15, 0.2) is 36.4 Å². The zero-order chi connectivity index (χ0) is 36.2. The Balaban J connectivity index is 0.000000544. The highest BCUT2D eigenvalue weighted by Crippen LogP contribution is 2.47. The standard InChI is InChI=1S/C33H41ClN2O5S.C5H13NO2/c1-21-5-3-6-26(18-37)28-11-8-25(28)17-36-19-33(14-4-7-23-15-27(34)10-12-29(23)33)20-41-31-13-9-24(16-30(31)36)32(38)35-42(39,40)22(21)2;1-6(2)3-5(8)4-7/h9-10,12-13,15-16,18,21-22,25-26,28H,3-8,11,14,17,19-20H2,1-2H3,(H,35,38);5,7-8H,3-4H2,1-2H3/t21-,22+,25-,26?,28+,33-;5-/m01/s1. The van der Waals surface area contributed by atoms with Gasteiger partial charge >= 0.3 is 0 Å². The number of fused-ring (bicyclic) bond motifs is 4. The third-order valence-electron chi connectivity index (χ3n) is 11.5. The highest BCUT2D eigenvalue weighted by molar-refractivity contribution is 7.90. The smallest absolute Gasteiger partial charge is 0.264 e. The molecule has 1 spiro atoms. The van der Waals surface area contributed by atoms with E-state index >= 15 is 0 Å². The van der Waals surface area contributed by atoms with Crippen LogP contribution < -0.4 is 14.4 Å². The number of likely N-dealkylation sites (N-methyl/N-ethyl adjacent to an activating group) is 1. The molecule has 50 heavy (non-hydrogen) atoms. The van der Waals surface area contributed by atoms with Gasteiger partial charge in [0.05, 0.1) is 30.3 Å². The summed E-state index contributed by atoms with van der Waals surface area (Å²) in [6.07, 6.45) is 7.84. The molecular weight excluding hydrogens is 678 g/mol. The number of halogens is 1. The molecule has 0 radical (unpaired) electrons. The van der Waals surface area contributed by atoms with Gasteiger partial charge in [-0.3, -0.25) is 4.79 Å². The predicted molar refractivity (Wildman–Crippen MR) is 196 cm³/mol. The number of aliphatic hydroxyl groups is 2. The fraction of sp³-hybridized carbons (Fsp3) is 0.632. The average molecular weight is 732 g/mol. The Morgan fingerprint density at radius 3 is 2.56 bits per heavy atom. The van der Waals surface area contributed by atoms with Crippen molar-refractivity contribution in [1.82, 2.24) is 9.62 Å². The number of hydrogen-bond acceptors (Lipinski definition) is 9. The number of benzene rings is 2. The van der Waals surface area contributed by atoms with Gasteiger partial charge in [-0.05, 0) is 125 Å². The van der Waals surface area contributed by atoms with Gasteiger partial charge in [-0.25, -0.2) is 13.1 Å². The Bertz CT molecular complexity index is 1620. The number of nitrogens with one attached hydrogen (secondary N) is 1. The molecular formula is C38H54ClN3O7S. The van der Waals surface area contributed by atoms with Crippen LogP contribution in [-0.4, -0.2) is 94.0 Å². The average Bonchev–Trinajstić information content (AvgIpc) is 3.21. The van der Waals surface area contributed by atoms with Crippen molar-refractivity contribution in [3.63, 3.8) is 0 Å². The summed E-state index contributed by atoms with van der Waals surface area (Å²) in [6.45, 7) is 5.91. The van der Waals surface area contributed by atoms with Gasteiger partial charge in [0, 0.05) is 41.6 Å². The molecule has 10 nitrogen and oxygen atoms in total. The number of rotatable bonds is 4. The van der Waals surface area contributed by atoms with Crippen LogP contribution in [0, 0.1) is 23.7 Å². The minimum absolute atomic E-state index is 0.0315. The Kier molecular flexibility index (Phi) is 12.6. The molecule has 1 fully saturated rings. The van der Waals surface area contributed by atoms with Crippen LogP contribution in [0.5, 0.6) is 5.75 Å². The molecule has 2 aromatic rings. The van der Waals surface area contributed by atoms with Gasteiger partial charge in [0.2, 0.25) is 10.0 Å². The summed E-state index contributed by atoms with van der Waals surface area (Å²) >= 11 is 6.39. The van der Waals surface area contributed by atoms with Crippen molar-refractivity contribution in [3.05, 3.63) is 58.1 Å². The van der Waals surface area contributed by atoms with Crippen molar-refractivity contribution in [2.24, 2.45) is 23.7 Å². The maximum Gasteiger partial charge on any atom is 0.264 e. The summed E-state index contributed by atoms with van der Waals surface area (Å²) in [5.74, 6) is 0.559. The molecule has 2 heterocycles. The number of ether oxygens (including phenoxy) is 1. The van der Waals surface area contributed by atoms with E-state index in [2.05, 4.69) is 21.8 Å². The van der Waals surface area contributed by atoms with Crippen molar-refractivity contribution >= 4 is 39.5 Å². The van der Waals surface area contributed by atoms with E-state index in [0.29, 0.717) is 49.3 Å². The minimum atomic E-state index is -3.89. The van der Waals surface area contributed by atoms with Crippen LogP contribution in [-0.2, 0) is 26.7 Å². The van der Waals surface area contributed by atoms with Crippen LogP contribution in [0.25, 0.3) is 0 Å². The van der Waals surface area contributed by atoms with Crippen LogP contribution >= 0.6 is 11.6 Å². The summed E-state index contributed by atoms with van der Waals surface area (Å²) in [5, 5.41) is 17.0. The van der Waals surface area contributed by atoms with E-state index in [9.17, 15) is 18.0 Å². The fourth-order valence-electron chi connectivity index (χ4n) is 8.28. The third kappa shape index (κ3) is 8.66. The van der Waals surface area contributed by atoms with Crippen molar-refractivity contribution < 1.29 is 33.0 Å². The van der Waals surface area contributed by atoms with Crippen molar-refractivity contribution in [2.45, 2.75) is 82.0 Å². The van der Waals surface area contributed by atoms with E-state index in [0.717, 1.165) is 68.5 Å². The molecule has 2 aliphatic carbocycles. The second-order valence-electron chi connectivity index (χ2n) is 15.3. The number of carbonyl (C=O) groups excluding carboxylic acids is 2. The van der Waals surface area contributed by atoms with Crippen LogP contribution in [0.2, 0.25) is 5.02 Å². The predicted octanol–water partition coefficient (Wildman–Crippen LogP) is 4.82. The highest BCUT2D eigenvalue weighted by atomic mass is 35.5. The lowest BCUT2D eigenvalue weighted by Crippen LogP contribution is -2.49. The first-order chi connectivity index (χ1) is 23.8. The number of sulfonamides is 1. The summed E-state index contributed by atoms with van der Waals surface area (Å²) in [4.78, 5) is 29.8. The molecule has 2 aromatic carbocycles. The molecule has 0 saturated heterocycles. The molecule has 12 heteroatoms. The van der Waals surface area contributed by atoms with E-state index in [-0.39, 0.29) is 23.9 Å². The van der Waals surface area contributed by atoms with E-state index in [1.54, 1.807) is 25.1 Å². The molecule has 7 atom stereocenters. The van der Waals surface area contributed by atoms with E-state index in [1.807, 2.05) is 32.0 Å². The molecule has 6 rings (SSSR count). The number of nitrogens with zero attached hydrogens (tertiary/aromatic N) is 2. The molecule has 3 N–H and O–H groups in total. The number of hydrogen-bond donors (Lipinski definition) is 3. The SMILES string of the molecule is CN(C)C[C@@H](O)CO.C[C@@H]1[C@@H](C)CCCC(C=O)[C@@H]2CC[C@H]2CN2C[C@@]3(CCCc4cc(Cl)ccc43)COc3ccc(cc32)C(=O)NS1(=O)=O. The maximum absolute atomic E-state index is 13.3. The van der Waals surface area contributed by atoms with E-state index in [1.165, 1.54) is 11.1 Å². The van der Waals surface area contributed by atoms with Gasteiger partial charge in [0.25, 0.3) is 5.91 Å². The Morgan fingerprint density at radius 2 is 1.90 bits per heavy atom. The third-order valence-corrected chi connectivity index (χ3v) is 13.6. The molecule has 0 aromatic heterocycles. The zero-order valence-corrected chi connectivity index (χ0v) is 31.4. The zero-order valence-electron chi connectivity index (χ0n) is 29.8.